The third-order valence-corrected chi connectivity index (χ3v) is 3.61. The maximum atomic E-state index is 6.14. The van der Waals surface area contributed by atoms with Crippen molar-refractivity contribution in [2.45, 2.75) is 12.6 Å². The van der Waals surface area contributed by atoms with Crippen LogP contribution >= 0.6 is 23.2 Å². The van der Waals surface area contributed by atoms with E-state index in [0.29, 0.717) is 5.88 Å². The molecule has 4 heteroatoms. The molecule has 0 aromatic heterocycles. The minimum atomic E-state index is 0.188. The summed E-state index contributed by atoms with van der Waals surface area (Å²) in [6.07, 6.45) is 0.188. The van der Waals surface area contributed by atoms with Crippen molar-refractivity contribution < 1.29 is 9.64 Å². The molecule has 2 atom stereocenters. The highest BCUT2D eigenvalue weighted by molar-refractivity contribution is 6.31. The lowest BCUT2D eigenvalue weighted by atomic mass is 10.2. The lowest BCUT2D eigenvalue weighted by Crippen LogP contribution is -3.13. The van der Waals surface area contributed by atoms with Crippen molar-refractivity contribution in [1.82, 2.24) is 0 Å². The Balaban J connectivity index is 1.97. The first-order valence-corrected chi connectivity index (χ1v) is 6.45. The number of quaternary nitrogens is 1. The summed E-state index contributed by atoms with van der Waals surface area (Å²) in [6, 6.07) is 8.01. The Hall–Kier alpha value is -0.280. The minimum absolute atomic E-state index is 0.188. The Morgan fingerprint density at radius 2 is 2.19 bits per heavy atom. The molecule has 1 heterocycles. The molecule has 1 aromatic rings. The molecule has 2 nitrogen and oxygen atoms in total. The van der Waals surface area contributed by atoms with Gasteiger partial charge in [0.1, 0.15) is 25.7 Å². The van der Waals surface area contributed by atoms with Crippen LogP contribution in [0.2, 0.25) is 5.02 Å². The summed E-state index contributed by atoms with van der Waals surface area (Å²) in [5.74, 6) is 0.575. The van der Waals surface area contributed by atoms with Crippen LogP contribution in [0.3, 0.4) is 0 Å². The summed E-state index contributed by atoms with van der Waals surface area (Å²) in [4.78, 5) is 1.49. The standard InChI is InChI=1S/C12H15Cl2NO/c13-7-11-9-15(5-6-16-11)8-10-3-1-2-4-12(10)14/h1-4,11H,5-9H2/p+1/t11-/m1/s1. The van der Waals surface area contributed by atoms with Crippen LogP contribution in [0.25, 0.3) is 0 Å². The Morgan fingerprint density at radius 1 is 1.38 bits per heavy atom. The maximum absolute atomic E-state index is 6.14. The SMILES string of the molecule is ClC[C@@H]1C[NH+](Cc2ccccc2Cl)CCO1. The van der Waals surface area contributed by atoms with Gasteiger partial charge in [-0.25, -0.2) is 0 Å². The minimum Gasteiger partial charge on any atom is -0.365 e. The van der Waals surface area contributed by atoms with Gasteiger partial charge in [-0.05, 0) is 6.07 Å². The van der Waals surface area contributed by atoms with Crippen LogP contribution in [0, 0.1) is 0 Å². The number of morpholine rings is 1. The van der Waals surface area contributed by atoms with Crippen molar-refractivity contribution in [2.24, 2.45) is 0 Å². The number of hydrogen-bond acceptors (Lipinski definition) is 1. The van der Waals surface area contributed by atoms with Crippen LogP contribution < -0.4 is 4.90 Å². The summed E-state index contributed by atoms with van der Waals surface area (Å²) < 4.78 is 5.54. The molecule has 0 amide bonds. The van der Waals surface area contributed by atoms with E-state index in [0.717, 1.165) is 31.3 Å². The second-order valence-corrected chi connectivity index (χ2v) is 4.84. The largest absolute Gasteiger partial charge is 0.365 e. The Kier molecular flexibility index (Phi) is 4.47. The van der Waals surface area contributed by atoms with Gasteiger partial charge in [0.05, 0.1) is 12.5 Å². The molecule has 0 radical (unpaired) electrons. The fourth-order valence-corrected chi connectivity index (χ4v) is 2.42. The smallest absolute Gasteiger partial charge is 0.120 e. The van der Waals surface area contributed by atoms with Crippen LogP contribution in [-0.2, 0) is 11.3 Å². The number of halogens is 2. The summed E-state index contributed by atoms with van der Waals surface area (Å²) in [7, 11) is 0. The molecule has 1 fully saturated rings. The molecule has 1 aliphatic rings. The Morgan fingerprint density at radius 3 is 2.94 bits per heavy atom. The van der Waals surface area contributed by atoms with Gasteiger partial charge in [0.2, 0.25) is 0 Å². The van der Waals surface area contributed by atoms with Gasteiger partial charge in [0.25, 0.3) is 0 Å². The van der Waals surface area contributed by atoms with Crippen molar-refractivity contribution in [3.05, 3.63) is 34.9 Å². The summed E-state index contributed by atoms with van der Waals surface area (Å²) in [5, 5.41) is 0.851. The van der Waals surface area contributed by atoms with Gasteiger partial charge in [0.15, 0.2) is 0 Å². The molecular formula is C12H16Cl2NO+. The first kappa shape index (κ1) is 12.2. The van der Waals surface area contributed by atoms with Crippen LogP contribution in [-0.4, -0.2) is 31.7 Å². The number of ether oxygens (including phenoxy) is 1. The topological polar surface area (TPSA) is 13.7 Å². The average Bonchev–Trinajstić information content (AvgIpc) is 2.32. The molecule has 1 N–H and O–H groups in total. The summed E-state index contributed by atoms with van der Waals surface area (Å²) >= 11 is 12.0. The summed E-state index contributed by atoms with van der Waals surface area (Å²) in [6.45, 7) is 3.74. The molecule has 16 heavy (non-hydrogen) atoms. The first-order chi connectivity index (χ1) is 7.79. The normalized spacial score (nSPS) is 25.6. The quantitative estimate of drug-likeness (QED) is 0.811. The molecule has 1 aliphatic heterocycles. The van der Waals surface area contributed by atoms with Crippen molar-refractivity contribution >= 4 is 23.2 Å². The molecular weight excluding hydrogens is 245 g/mol. The van der Waals surface area contributed by atoms with Gasteiger partial charge in [-0.1, -0.05) is 29.8 Å². The molecule has 1 aromatic carbocycles. The average molecular weight is 261 g/mol. The van der Waals surface area contributed by atoms with Gasteiger partial charge in [-0.2, -0.15) is 0 Å². The van der Waals surface area contributed by atoms with E-state index in [4.69, 9.17) is 27.9 Å². The van der Waals surface area contributed by atoms with E-state index in [9.17, 15) is 0 Å². The molecule has 0 saturated carbocycles. The van der Waals surface area contributed by atoms with E-state index in [-0.39, 0.29) is 6.10 Å². The molecule has 1 saturated heterocycles. The van der Waals surface area contributed by atoms with Gasteiger partial charge in [0, 0.05) is 10.6 Å². The maximum Gasteiger partial charge on any atom is 0.120 e. The van der Waals surface area contributed by atoms with Crippen LogP contribution in [0.4, 0.5) is 0 Å². The molecule has 2 rings (SSSR count). The van der Waals surface area contributed by atoms with Crippen molar-refractivity contribution in [3.63, 3.8) is 0 Å². The molecule has 88 valence electrons. The Bertz CT molecular complexity index is 346. The van der Waals surface area contributed by atoms with E-state index < -0.39 is 0 Å². The number of benzene rings is 1. The molecule has 0 bridgehead atoms. The zero-order chi connectivity index (χ0) is 11.4. The third-order valence-electron chi connectivity index (χ3n) is 2.90. The highest BCUT2D eigenvalue weighted by atomic mass is 35.5. The highest BCUT2D eigenvalue weighted by Crippen LogP contribution is 2.13. The van der Waals surface area contributed by atoms with E-state index in [2.05, 4.69) is 6.07 Å². The molecule has 0 aliphatic carbocycles. The van der Waals surface area contributed by atoms with Crippen LogP contribution in [0.1, 0.15) is 5.56 Å². The third kappa shape index (κ3) is 3.11. The van der Waals surface area contributed by atoms with Crippen molar-refractivity contribution in [3.8, 4) is 0 Å². The first-order valence-electron chi connectivity index (χ1n) is 5.54. The fraction of sp³-hybridized carbons (Fsp3) is 0.500. The van der Waals surface area contributed by atoms with Gasteiger partial charge in [-0.15, -0.1) is 11.6 Å². The van der Waals surface area contributed by atoms with E-state index >= 15 is 0 Å². The van der Waals surface area contributed by atoms with E-state index in [1.54, 1.807) is 0 Å². The summed E-state index contributed by atoms with van der Waals surface area (Å²) in [5.41, 5.74) is 1.20. The zero-order valence-electron chi connectivity index (χ0n) is 9.09. The highest BCUT2D eigenvalue weighted by Gasteiger charge is 2.23. The number of hydrogen-bond donors (Lipinski definition) is 1. The number of rotatable bonds is 3. The second-order valence-electron chi connectivity index (χ2n) is 4.12. The lowest BCUT2D eigenvalue weighted by Gasteiger charge is -2.29. The predicted octanol–water partition coefficient (Wildman–Crippen LogP) is 1.36. The van der Waals surface area contributed by atoms with E-state index in [1.807, 2.05) is 18.2 Å². The van der Waals surface area contributed by atoms with Crippen LogP contribution in [0.15, 0.2) is 24.3 Å². The van der Waals surface area contributed by atoms with Crippen LogP contribution in [0.5, 0.6) is 0 Å². The molecule has 1 unspecified atom stereocenters. The van der Waals surface area contributed by atoms with E-state index in [1.165, 1.54) is 10.5 Å². The monoisotopic (exact) mass is 260 g/mol. The lowest BCUT2D eigenvalue weighted by molar-refractivity contribution is -0.924. The van der Waals surface area contributed by atoms with Crippen molar-refractivity contribution in [2.75, 3.05) is 25.6 Å². The number of alkyl halides is 1. The molecule has 0 spiro atoms. The zero-order valence-corrected chi connectivity index (χ0v) is 10.6. The Labute approximate surface area is 106 Å². The number of nitrogens with one attached hydrogen (secondary N) is 1. The van der Waals surface area contributed by atoms with Crippen molar-refractivity contribution in [1.29, 1.82) is 0 Å². The van der Waals surface area contributed by atoms with Gasteiger partial charge < -0.3 is 9.64 Å². The second kappa shape index (κ2) is 5.87. The van der Waals surface area contributed by atoms with Gasteiger partial charge in [-0.3, -0.25) is 0 Å². The van der Waals surface area contributed by atoms with Gasteiger partial charge >= 0.3 is 0 Å². The predicted molar refractivity (Wildman–Crippen MR) is 66.3 cm³/mol. The fourth-order valence-electron chi connectivity index (χ4n) is 2.02.